The fraction of sp³-hybridized carbons (Fsp3) is 0.333. The second-order valence-corrected chi connectivity index (χ2v) is 2.54. The third-order valence-corrected chi connectivity index (χ3v) is 1.94. The highest BCUT2D eigenvalue weighted by atomic mass is 15.4. The van der Waals surface area contributed by atoms with Gasteiger partial charge >= 0.3 is 0 Å². The molecule has 13 heavy (non-hydrogen) atoms. The average molecular weight is 174 g/mol. The molecule has 1 aliphatic rings. The van der Waals surface area contributed by atoms with Gasteiger partial charge in [-0.05, 0) is 13.1 Å². The van der Waals surface area contributed by atoms with E-state index in [0.29, 0.717) is 12.2 Å². The standard InChI is InChI=1S/C9H10N4/c1-3-12-7-8(5-10)13(4-2)9(12)6-11/h3,7,9H,1,4H2,2H3. The molecule has 1 heterocycles. The molecule has 1 rings (SSSR count). The Bertz CT molecular complexity index is 317. The van der Waals surface area contributed by atoms with E-state index in [1.54, 1.807) is 22.2 Å². The lowest BCUT2D eigenvalue weighted by molar-refractivity contribution is 0.249. The second kappa shape index (κ2) is 3.64. The van der Waals surface area contributed by atoms with Gasteiger partial charge in [0.05, 0.1) is 0 Å². The van der Waals surface area contributed by atoms with Gasteiger partial charge < -0.3 is 9.80 Å². The van der Waals surface area contributed by atoms with E-state index in [2.05, 4.69) is 12.6 Å². The summed E-state index contributed by atoms with van der Waals surface area (Å²) in [6.07, 6.45) is 2.75. The fourth-order valence-corrected chi connectivity index (χ4v) is 1.30. The van der Waals surface area contributed by atoms with E-state index in [1.807, 2.05) is 13.0 Å². The van der Waals surface area contributed by atoms with Crippen molar-refractivity contribution >= 4 is 0 Å². The van der Waals surface area contributed by atoms with Crippen molar-refractivity contribution in [2.24, 2.45) is 0 Å². The Hall–Kier alpha value is -1.94. The van der Waals surface area contributed by atoms with Gasteiger partial charge in [-0.15, -0.1) is 0 Å². The van der Waals surface area contributed by atoms with Crippen molar-refractivity contribution in [3.63, 3.8) is 0 Å². The Morgan fingerprint density at radius 2 is 2.38 bits per heavy atom. The molecule has 1 aliphatic heterocycles. The Morgan fingerprint density at radius 3 is 2.77 bits per heavy atom. The summed E-state index contributed by atoms with van der Waals surface area (Å²) in [5, 5.41) is 17.6. The van der Waals surface area contributed by atoms with Crippen LogP contribution in [0.4, 0.5) is 0 Å². The van der Waals surface area contributed by atoms with Crippen molar-refractivity contribution in [3.8, 4) is 12.1 Å². The Balaban J connectivity index is 2.98. The van der Waals surface area contributed by atoms with Crippen LogP contribution in [0.5, 0.6) is 0 Å². The summed E-state index contributed by atoms with van der Waals surface area (Å²) >= 11 is 0. The second-order valence-electron chi connectivity index (χ2n) is 2.54. The molecule has 0 aromatic rings. The summed E-state index contributed by atoms with van der Waals surface area (Å²) < 4.78 is 0. The number of nitrogens with zero attached hydrogens (tertiary/aromatic N) is 4. The van der Waals surface area contributed by atoms with E-state index >= 15 is 0 Å². The molecule has 0 N–H and O–H groups in total. The van der Waals surface area contributed by atoms with Crippen LogP contribution in [-0.2, 0) is 0 Å². The lowest BCUT2D eigenvalue weighted by atomic mass is 10.4. The highest BCUT2D eigenvalue weighted by Crippen LogP contribution is 2.21. The SMILES string of the molecule is C=CN1C=C(C#N)N(CC)C1C#N. The minimum Gasteiger partial charge on any atom is -0.329 e. The van der Waals surface area contributed by atoms with Crippen LogP contribution < -0.4 is 0 Å². The van der Waals surface area contributed by atoms with Crippen molar-refractivity contribution < 1.29 is 0 Å². The summed E-state index contributed by atoms with van der Waals surface area (Å²) in [5.41, 5.74) is 0.508. The summed E-state index contributed by atoms with van der Waals surface area (Å²) in [5.74, 6) is 0. The van der Waals surface area contributed by atoms with Gasteiger partial charge in [-0.1, -0.05) is 6.58 Å². The molecular weight excluding hydrogens is 164 g/mol. The van der Waals surface area contributed by atoms with E-state index in [4.69, 9.17) is 10.5 Å². The molecule has 0 amide bonds. The van der Waals surface area contributed by atoms with Gasteiger partial charge in [-0.2, -0.15) is 10.5 Å². The fourth-order valence-electron chi connectivity index (χ4n) is 1.30. The van der Waals surface area contributed by atoms with Crippen LogP contribution in [0, 0.1) is 22.7 Å². The van der Waals surface area contributed by atoms with Gasteiger partial charge in [0.25, 0.3) is 0 Å². The largest absolute Gasteiger partial charge is 0.329 e. The van der Waals surface area contributed by atoms with Gasteiger partial charge in [-0.25, -0.2) is 0 Å². The Kier molecular flexibility index (Phi) is 2.56. The molecule has 0 aliphatic carbocycles. The first-order chi connectivity index (χ1) is 6.28. The number of hydrogen-bond donors (Lipinski definition) is 0. The van der Waals surface area contributed by atoms with Crippen LogP contribution in [0.15, 0.2) is 24.7 Å². The first-order valence-electron chi connectivity index (χ1n) is 3.96. The van der Waals surface area contributed by atoms with Gasteiger partial charge in [0.1, 0.15) is 17.8 Å². The van der Waals surface area contributed by atoms with Gasteiger partial charge in [0, 0.05) is 12.7 Å². The van der Waals surface area contributed by atoms with Gasteiger partial charge in [-0.3, -0.25) is 0 Å². The lowest BCUT2D eigenvalue weighted by Gasteiger charge is -2.23. The summed E-state index contributed by atoms with van der Waals surface area (Å²) in [4.78, 5) is 3.35. The predicted octanol–water partition coefficient (Wildman–Crippen LogP) is 0.982. The van der Waals surface area contributed by atoms with Crippen molar-refractivity contribution in [2.75, 3.05) is 6.54 Å². The smallest absolute Gasteiger partial charge is 0.196 e. The zero-order valence-electron chi connectivity index (χ0n) is 7.44. The zero-order valence-corrected chi connectivity index (χ0v) is 7.44. The minimum absolute atomic E-state index is 0.419. The normalized spacial score (nSPS) is 20.5. The zero-order chi connectivity index (χ0) is 9.84. The van der Waals surface area contributed by atoms with Crippen LogP contribution >= 0.6 is 0 Å². The highest BCUT2D eigenvalue weighted by Gasteiger charge is 2.29. The van der Waals surface area contributed by atoms with Crippen molar-refractivity contribution in [1.29, 1.82) is 10.5 Å². The van der Waals surface area contributed by atoms with Crippen LogP contribution in [0.2, 0.25) is 0 Å². The number of allylic oxidation sites excluding steroid dienone is 1. The van der Waals surface area contributed by atoms with Crippen LogP contribution in [0.1, 0.15) is 6.92 Å². The maximum absolute atomic E-state index is 8.86. The summed E-state index contributed by atoms with van der Waals surface area (Å²) in [6.45, 7) is 6.12. The van der Waals surface area contributed by atoms with Crippen molar-refractivity contribution in [2.45, 2.75) is 13.1 Å². The lowest BCUT2D eigenvalue weighted by Crippen LogP contribution is -2.35. The molecular formula is C9H10N4. The molecule has 4 nitrogen and oxygen atoms in total. The Labute approximate surface area is 77.6 Å². The van der Waals surface area contributed by atoms with Crippen molar-refractivity contribution in [1.82, 2.24) is 9.80 Å². The molecule has 0 saturated carbocycles. The first kappa shape index (κ1) is 9.15. The third-order valence-electron chi connectivity index (χ3n) is 1.94. The first-order valence-corrected chi connectivity index (χ1v) is 3.96. The van der Waals surface area contributed by atoms with E-state index in [-0.39, 0.29) is 0 Å². The molecule has 0 bridgehead atoms. The van der Waals surface area contributed by atoms with E-state index in [1.165, 1.54) is 0 Å². The quantitative estimate of drug-likeness (QED) is 0.626. The molecule has 4 heteroatoms. The van der Waals surface area contributed by atoms with Crippen LogP contribution in [0.3, 0.4) is 0 Å². The molecule has 0 aromatic carbocycles. The average Bonchev–Trinajstić information content (AvgIpc) is 2.54. The maximum atomic E-state index is 8.86. The van der Waals surface area contributed by atoms with Gasteiger partial charge in [0.2, 0.25) is 0 Å². The van der Waals surface area contributed by atoms with Crippen molar-refractivity contribution in [3.05, 3.63) is 24.7 Å². The minimum atomic E-state index is -0.419. The monoisotopic (exact) mass is 174 g/mol. The molecule has 1 atom stereocenters. The summed E-state index contributed by atoms with van der Waals surface area (Å²) in [7, 11) is 0. The number of hydrogen-bond acceptors (Lipinski definition) is 4. The van der Waals surface area contributed by atoms with Crippen LogP contribution in [-0.4, -0.2) is 22.5 Å². The van der Waals surface area contributed by atoms with Gasteiger partial charge in [0.15, 0.2) is 6.17 Å². The number of nitriles is 2. The van der Waals surface area contributed by atoms with E-state index in [9.17, 15) is 0 Å². The molecule has 0 saturated heterocycles. The molecule has 0 spiro atoms. The maximum Gasteiger partial charge on any atom is 0.196 e. The summed E-state index contributed by atoms with van der Waals surface area (Å²) in [6, 6.07) is 4.15. The topological polar surface area (TPSA) is 54.1 Å². The molecule has 0 aromatic heterocycles. The van der Waals surface area contributed by atoms with E-state index < -0.39 is 6.17 Å². The van der Waals surface area contributed by atoms with Crippen LogP contribution in [0.25, 0.3) is 0 Å². The third kappa shape index (κ3) is 1.34. The predicted molar refractivity (Wildman–Crippen MR) is 47.5 cm³/mol. The van der Waals surface area contributed by atoms with E-state index in [0.717, 1.165) is 0 Å². The number of rotatable bonds is 2. The highest BCUT2D eigenvalue weighted by molar-refractivity contribution is 5.27. The molecule has 0 fully saturated rings. The molecule has 0 radical (unpaired) electrons. The Morgan fingerprint density at radius 1 is 1.69 bits per heavy atom. The molecule has 66 valence electrons. The molecule has 1 unspecified atom stereocenters.